The lowest BCUT2D eigenvalue weighted by atomic mass is 10.1. The maximum atomic E-state index is 11.9. The largest absolute Gasteiger partial charge is 0.490 e. The summed E-state index contributed by atoms with van der Waals surface area (Å²) in [4.78, 5) is 60.8. The average Bonchev–Trinajstić information content (AvgIpc) is 2.86. The first-order valence-electron chi connectivity index (χ1n) is 7.60. The van der Waals surface area contributed by atoms with Crippen LogP contribution in [0.25, 0.3) is 0 Å². The van der Waals surface area contributed by atoms with E-state index in [1.54, 1.807) is 0 Å². The quantitative estimate of drug-likeness (QED) is 0.239. The van der Waals surface area contributed by atoms with Crippen LogP contribution in [0.1, 0.15) is 18.2 Å². The molecule has 1 aliphatic rings. The third kappa shape index (κ3) is 7.03. The zero-order valence-electron chi connectivity index (χ0n) is 14.6. The highest BCUT2D eigenvalue weighted by molar-refractivity contribution is 7.66. The third-order valence-electron chi connectivity index (χ3n) is 3.56. The van der Waals surface area contributed by atoms with Crippen molar-refractivity contribution < 1.29 is 51.2 Å². The molecule has 5 atom stereocenters. The number of aromatic nitrogens is 2. The Morgan fingerprint density at radius 2 is 1.83 bits per heavy atom. The summed E-state index contributed by atoms with van der Waals surface area (Å²) in [6.07, 6.45) is -0.731. The second kappa shape index (κ2) is 8.63. The monoisotopic (exact) mass is 481 g/mol. The second-order valence-corrected chi connectivity index (χ2v) is 10.3. The summed E-state index contributed by atoms with van der Waals surface area (Å²) in [6, 6.07) is -0.814. The Balaban J connectivity index is 2.03. The Bertz CT molecular complexity index is 1010. The number of nitrogens with two attached hydrogens (primary N) is 1. The van der Waals surface area contributed by atoms with Gasteiger partial charge in [0, 0.05) is 24.2 Å². The minimum Gasteiger partial charge on any atom is -0.351 e. The van der Waals surface area contributed by atoms with E-state index in [0.29, 0.717) is 0 Å². The number of nitrogens with one attached hydrogen (secondary N) is 1. The van der Waals surface area contributed by atoms with E-state index in [1.807, 2.05) is 0 Å². The van der Waals surface area contributed by atoms with Gasteiger partial charge in [-0.05, 0) is 6.92 Å². The van der Waals surface area contributed by atoms with Crippen LogP contribution in [-0.4, -0.2) is 47.9 Å². The molecule has 16 nitrogen and oxygen atoms in total. The number of rotatable bonds is 8. The van der Waals surface area contributed by atoms with Crippen molar-refractivity contribution in [1.82, 2.24) is 9.55 Å². The summed E-state index contributed by atoms with van der Waals surface area (Å²) >= 11 is 0. The van der Waals surface area contributed by atoms with Crippen molar-refractivity contribution in [2.24, 2.45) is 5.73 Å². The molecule has 7 N–H and O–H groups in total. The van der Waals surface area contributed by atoms with E-state index in [2.05, 4.69) is 18.1 Å². The van der Waals surface area contributed by atoms with Crippen molar-refractivity contribution in [1.29, 1.82) is 0 Å². The number of nitrogens with zero attached hydrogens (tertiary/aromatic N) is 1. The lowest BCUT2D eigenvalue weighted by Gasteiger charge is -2.19. The zero-order valence-corrected chi connectivity index (χ0v) is 17.2. The molecule has 1 aromatic rings. The van der Waals surface area contributed by atoms with E-state index in [4.69, 9.17) is 25.2 Å². The van der Waals surface area contributed by atoms with Crippen molar-refractivity contribution in [2.45, 2.75) is 31.7 Å². The summed E-state index contributed by atoms with van der Waals surface area (Å²) in [5.41, 5.74) is 4.69. The number of hydrogen-bond acceptors (Lipinski definition) is 10. The highest BCUT2D eigenvalue weighted by Gasteiger charge is 2.42. The highest BCUT2D eigenvalue weighted by Crippen LogP contribution is 2.66. The average molecular weight is 481 g/mol. The fourth-order valence-corrected chi connectivity index (χ4v) is 5.39. The van der Waals surface area contributed by atoms with Gasteiger partial charge in [-0.2, -0.15) is 8.62 Å². The molecule has 0 amide bonds. The minimum absolute atomic E-state index is 0.0514. The molecule has 29 heavy (non-hydrogen) atoms. The lowest BCUT2D eigenvalue weighted by molar-refractivity contribution is -0.0268. The molecule has 166 valence electrons. The van der Waals surface area contributed by atoms with Gasteiger partial charge >= 0.3 is 29.2 Å². The third-order valence-corrected chi connectivity index (χ3v) is 7.36. The summed E-state index contributed by atoms with van der Waals surface area (Å²) in [5.74, 6) is 0. The van der Waals surface area contributed by atoms with Crippen LogP contribution >= 0.6 is 23.5 Å². The van der Waals surface area contributed by atoms with Crippen molar-refractivity contribution >= 4 is 23.5 Å². The van der Waals surface area contributed by atoms with Crippen LogP contribution in [-0.2, 0) is 31.6 Å². The normalized spacial score (nSPS) is 26.8. The standard InChI is InChI=1S/C10H18N3O13P3/c1-5-3-13(10(15)12-9(5)14)8-2-6(11)7(24-8)4-23-28(19,20)26-29(21,22)25-27(16,17)18/h3,6-8H,2,4,11H2,1H3,(H,19,20)(H,21,22)(H,12,14,15)(H2,16,17,18). The number of phosphoric ester groups is 1. The summed E-state index contributed by atoms with van der Waals surface area (Å²) in [5, 5.41) is 0. The van der Waals surface area contributed by atoms with Crippen LogP contribution in [0.5, 0.6) is 0 Å². The Morgan fingerprint density at radius 3 is 2.41 bits per heavy atom. The van der Waals surface area contributed by atoms with E-state index in [9.17, 15) is 28.2 Å². The van der Waals surface area contributed by atoms with Gasteiger partial charge in [-0.25, -0.2) is 18.5 Å². The molecule has 5 unspecified atom stereocenters. The van der Waals surface area contributed by atoms with E-state index in [-0.39, 0.29) is 12.0 Å². The number of H-pyrrole nitrogens is 1. The maximum absolute atomic E-state index is 11.9. The lowest BCUT2D eigenvalue weighted by Crippen LogP contribution is -2.33. The van der Waals surface area contributed by atoms with Crippen LogP contribution in [0, 0.1) is 6.92 Å². The molecule has 1 saturated heterocycles. The van der Waals surface area contributed by atoms with E-state index >= 15 is 0 Å². The van der Waals surface area contributed by atoms with Gasteiger partial charge < -0.3 is 30.0 Å². The molecule has 0 radical (unpaired) electrons. The van der Waals surface area contributed by atoms with Gasteiger partial charge in [0.05, 0.1) is 12.7 Å². The van der Waals surface area contributed by atoms with Crippen LogP contribution < -0.4 is 17.0 Å². The molecule has 0 bridgehead atoms. The maximum Gasteiger partial charge on any atom is 0.490 e. The Morgan fingerprint density at radius 1 is 1.21 bits per heavy atom. The van der Waals surface area contributed by atoms with Crippen LogP contribution in [0.2, 0.25) is 0 Å². The Hall–Kier alpha value is -0.990. The number of aromatic amines is 1. The Kier molecular flexibility index (Phi) is 7.23. The van der Waals surface area contributed by atoms with Crippen molar-refractivity contribution in [3.8, 4) is 0 Å². The first-order valence-corrected chi connectivity index (χ1v) is 12.1. The molecule has 1 aromatic heterocycles. The van der Waals surface area contributed by atoms with Crippen molar-refractivity contribution in [3.63, 3.8) is 0 Å². The molecule has 0 aromatic carbocycles. The number of aryl methyl sites for hydroxylation is 1. The van der Waals surface area contributed by atoms with Gasteiger partial charge in [-0.3, -0.25) is 18.9 Å². The molecular weight excluding hydrogens is 463 g/mol. The predicted molar refractivity (Wildman–Crippen MR) is 92.4 cm³/mol. The van der Waals surface area contributed by atoms with E-state index in [0.717, 1.165) is 4.57 Å². The summed E-state index contributed by atoms with van der Waals surface area (Å²) in [7, 11) is -16.5. The molecular formula is C10H18N3O13P3. The first kappa shape index (κ1) is 24.3. The van der Waals surface area contributed by atoms with Gasteiger partial charge in [-0.15, -0.1) is 0 Å². The fraction of sp³-hybridized carbons (Fsp3) is 0.600. The van der Waals surface area contributed by atoms with Crippen LogP contribution in [0.15, 0.2) is 15.8 Å². The van der Waals surface area contributed by atoms with Gasteiger partial charge in [0.1, 0.15) is 6.23 Å². The van der Waals surface area contributed by atoms with E-state index in [1.165, 1.54) is 13.1 Å². The topological polar surface area (TPSA) is 250 Å². The van der Waals surface area contributed by atoms with Crippen LogP contribution in [0.4, 0.5) is 0 Å². The Labute approximate surface area is 161 Å². The molecule has 2 heterocycles. The highest BCUT2D eigenvalue weighted by atomic mass is 31.3. The molecule has 0 spiro atoms. The molecule has 1 aliphatic heterocycles. The molecule has 0 saturated carbocycles. The van der Waals surface area contributed by atoms with Gasteiger partial charge in [-0.1, -0.05) is 0 Å². The molecule has 2 rings (SSSR count). The van der Waals surface area contributed by atoms with E-state index < -0.39 is 59.7 Å². The molecule has 0 aliphatic carbocycles. The fourth-order valence-electron chi connectivity index (χ4n) is 2.36. The van der Waals surface area contributed by atoms with Crippen molar-refractivity contribution in [2.75, 3.05) is 6.61 Å². The number of phosphoric acid groups is 3. The second-order valence-electron chi connectivity index (χ2n) is 5.89. The number of hydrogen-bond donors (Lipinski definition) is 6. The van der Waals surface area contributed by atoms with Crippen LogP contribution in [0.3, 0.4) is 0 Å². The summed E-state index contributed by atoms with van der Waals surface area (Å²) < 4.78 is 51.7. The smallest absolute Gasteiger partial charge is 0.351 e. The SMILES string of the molecule is Cc1cn(C2CC(N)C(COP(=O)(O)OP(=O)(O)OP(=O)(O)O)O2)c(=O)[nH]c1=O. The van der Waals surface area contributed by atoms with Gasteiger partial charge in [0.25, 0.3) is 5.56 Å². The van der Waals surface area contributed by atoms with Gasteiger partial charge in [0.15, 0.2) is 0 Å². The molecule has 1 fully saturated rings. The first-order chi connectivity index (χ1) is 13.1. The predicted octanol–water partition coefficient (Wildman–Crippen LogP) is -1.20. The zero-order chi connectivity index (χ0) is 22.2. The van der Waals surface area contributed by atoms with Gasteiger partial charge in [0.2, 0.25) is 0 Å². The number of ether oxygens (including phenoxy) is 1. The molecule has 19 heteroatoms. The summed E-state index contributed by atoms with van der Waals surface area (Å²) in [6.45, 7) is 0.703. The van der Waals surface area contributed by atoms with Crippen molar-refractivity contribution in [3.05, 3.63) is 32.6 Å². The minimum atomic E-state index is -5.64.